The highest BCUT2D eigenvalue weighted by Crippen LogP contribution is 2.28. The molecule has 2 N–H and O–H groups in total. The van der Waals surface area contributed by atoms with Gasteiger partial charge in [-0.05, 0) is 19.2 Å². The van der Waals surface area contributed by atoms with E-state index in [0.29, 0.717) is 16.6 Å². The molecule has 0 aliphatic carbocycles. The summed E-state index contributed by atoms with van der Waals surface area (Å²) in [7, 11) is 3.66. The van der Waals surface area contributed by atoms with E-state index in [1.807, 2.05) is 12.1 Å². The van der Waals surface area contributed by atoms with Crippen molar-refractivity contribution in [2.45, 2.75) is 13.0 Å². The zero-order chi connectivity index (χ0) is 15.5. The molecular weight excluding hydrogens is 300 g/mol. The zero-order valence-corrected chi connectivity index (χ0v) is 13.4. The number of carbonyl (C=O) groups is 1. The van der Waals surface area contributed by atoms with Crippen LogP contribution in [-0.2, 0) is 13.0 Å². The van der Waals surface area contributed by atoms with E-state index in [0.717, 1.165) is 25.2 Å². The maximum absolute atomic E-state index is 12.1. The molecule has 3 rings (SSSR count). The molecule has 6 nitrogen and oxygen atoms in total. The maximum atomic E-state index is 12.1. The van der Waals surface area contributed by atoms with Crippen molar-refractivity contribution in [3.8, 4) is 5.75 Å². The van der Waals surface area contributed by atoms with Gasteiger partial charge in [0.25, 0.3) is 0 Å². The van der Waals surface area contributed by atoms with Gasteiger partial charge in [0.2, 0.25) is 0 Å². The molecule has 1 aromatic carbocycles. The van der Waals surface area contributed by atoms with E-state index in [4.69, 9.17) is 4.74 Å². The first-order chi connectivity index (χ1) is 10.7. The van der Waals surface area contributed by atoms with Gasteiger partial charge in [-0.1, -0.05) is 12.1 Å². The molecule has 0 spiro atoms. The number of thiazole rings is 1. The van der Waals surface area contributed by atoms with Crippen LogP contribution in [0.25, 0.3) is 0 Å². The molecule has 0 fully saturated rings. The number of amides is 2. The Labute approximate surface area is 133 Å². The second-order valence-electron chi connectivity index (χ2n) is 5.16. The Morgan fingerprint density at radius 3 is 3.00 bits per heavy atom. The Morgan fingerprint density at radius 1 is 1.36 bits per heavy atom. The molecule has 0 atom stereocenters. The Morgan fingerprint density at radius 2 is 2.18 bits per heavy atom. The molecule has 116 valence electrons. The minimum atomic E-state index is -0.316. The lowest BCUT2D eigenvalue weighted by atomic mass is 10.2. The minimum absolute atomic E-state index is 0.316. The number of methoxy groups -OCH3 is 1. The second kappa shape index (κ2) is 6.33. The molecule has 1 aromatic heterocycles. The molecule has 0 saturated heterocycles. The summed E-state index contributed by atoms with van der Waals surface area (Å²) < 4.78 is 5.21. The fourth-order valence-electron chi connectivity index (χ4n) is 2.38. The van der Waals surface area contributed by atoms with Gasteiger partial charge in [-0.15, -0.1) is 11.3 Å². The number of anilines is 2. The number of carbonyl (C=O) groups excluding carboxylic acids is 1. The van der Waals surface area contributed by atoms with Crippen LogP contribution in [0.4, 0.5) is 15.6 Å². The minimum Gasteiger partial charge on any atom is -0.495 e. The summed E-state index contributed by atoms with van der Waals surface area (Å²) in [5, 5.41) is 6.21. The Kier molecular flexibility index (Phi) is 4.26. The zero-order valence-electron chi connectivity index (χ0n) is 12.5. The van der Waals surface area contributed by atoms with Crippen LogP contribution < -0.4 is 15.4 Å². The van der Waals surface area contributed by atoms with Crippen molar-refractivity contribution >= 4 is 28.2 Å². The van der Waals surface area contributed by atoms with Crippen LogP contribution in [0.2, 0.25) is 0 Å². The van der Waals surface area contributed by atoms with Gasteiger partial charge < -0.3 is 15.0 Å². The topological polar surface area (TPSA) is 66.5 Å². The first kappa shape index (κ1) is 14.8. The van der Waals surface area contributed by atoms with Crippen molar-refractivity contribution in [2.75, 3.05) is 31.3 Å². The van der Waals surface area contributed by atoms with Crippen molar-refractivity contribution in [2.24, 2.45) is 0 Å². The molecular formula is C15H18N4O2S. The van der Waals surface area contributed by atoms with E-state index in [2.05, 4.69) is 27.6 Å². The monoisotopic (exact) mass is 318 g/mol. The summed E-state index contributed by atoms with van der Waals surface area (Å²) in [6, 6.07) is 6.97. The third-order valence-electron chi connectivity index (χ3n) is 3.50. The van der Waals surface area contributed by atoms with Gasteiger partial charge in [0, 0.05) is 24.4 Å². The molecule has 1 aliphatic rings. The lowest BCUT2D eigenvalue weighted by Crippen LogP contribution is -2.25. The third kappa shape index (κ3) is 3.20. The van der Waals surface area contributed by atoms with Crippen LogP contribution in [-0.4, -0.2) is 36.6 Å². The van der Waals surface area contributed by atoms with E-state index in [1.165, 1.54) is 16.2 Å². The number of nitrogens with one attached hydrogen (secondary N) is 2. The van der Waals surface area contributed by atoms with E-state index in [9.17, 15) is 4.79 Å². The molecule has 1 aliphatic heterocycles. The number of nitrogens with zero attached hydrogens (tertiary/aromatic N) is 2. The molecule has 0 bridgehead atoms. The van der Waals surface area contributed by atoms with E-state index in [1.54, 1.807) is 19.2 Å². The molecule has 22 heavy (non-hydrogen) atoms. The third-order valence-corrected chi connectivity index (χ3v) is 4.50. The first-order valence-electron chi connectivity index (χ1n) is 7.04. The fourth-order valence-corrected chi connectivity index (χ4v) is 3.46. The number of hydrogen-bond acceptors (Lipinski definition) is 5. The normalized spacial score (nSPS) is 14.3. The highest BCUT2D eigenvalue weighted by Gasteiger charge is 2.19. The van der Waals surface area contributed by atoms with Crippen molar-refractivity contribution in [3.05, 3.63) is 34.8 Å². The van der Waals surface area contributed by atoms with E-state index < -0.39 is 0 Å². The number of para-hydroxylation sites is 2. The summed E-state index contributed by atoms with van der Waals surface area (Å²) in [6.45, 7) is 1.90. The van der Waals surface area contributed by atoms with E-state index >= 15 is 0 Å². The molecule has 0 saturated carbocycles. The predicted molar refractivity (Wildman–Crippen MR) is 87.8 cm³/mol. The predicted octanol–water partition coefficient (Wildman–Crippen LogP) is 2.78. The number of aromatic nitrogens is 1. The Bertz CT molecular complexity index is 686. The molecule has 7 heteroatoms. The quantitative estimate of drug-likeness (QED) is 0.913. The average Bonchev–Trinajstić information content (AvgIpc) is 2.88. The molecule has 2 aromatic rings. The number of fused-ring (bicyclic) bond motifs is 1. The van der Waals surface area contributed by atoms with Crippen molar-refractivity contribution < 1.29 is 9.53 Å². The van der Waals surface area contributed by atoms with E-state index in [-0.39, 0.29) is 6.03 Å². The fraction of sp³-hybridized carbons (Fsp3) is 0.333. The number of urea groups is 1. The summed E-state index contributed by atoms with van der Waals surface area (Å²) in [6.07, 6.45) is 0.929. The highest BCUT2D eigenvalue weighted by atomic mass is 32.1. The van der Waals surface area contributed by atoms with Gasteiger partial charge in [-0.2, -0.15) is 0 Å². The molecule has 2 heterocycles. The Hall–Kier alpha value is -2.12. The maximum Gasteiger partial charge on any atom is 0.325 e. The van der Waals surface area contributed by atoms with Crippen LogP contribution in [0, 0.1) is 0 Å². The van der Waals surface area contributed by atoms with Crippen molar-refractivity contribution in [3.63, 3.8) is 0 Å². The Balaban J connectivity index is 1.67. The second-order valence-corrected chi connectivity index (χ2v) is 6.24. The van der Waals surface area contributed by atoms with Crippen molar-refractivity contribution in [1.82, 2.24) is 9.88 Å². The number of rotatable bonds is 3. The van der Waals surface area contributed by atoms with Gasteiger partial charge >= 0.3 is 6.03 Å². The van der Waals surface area contributed by atoms with Crippen LogP contribution in [0.3, 0.4) is 0 Å². The van der Waals surface area contributed by atoms with Crippen LogP contribution in [0.1, 0.15) is 10.6 Å². The highest BCUT2D eigenvalue weighted by molar-refractivity contribution is 7.15. The van der Waals surface area contributed by atoms with Crippen LogP contribution >= 0.6 is 11.3 Å². The summed E-state index contributed by atoms with van der Waals surface area (Å²) >= 11 is 1.53. The lowest BCUT2D eigenvalue weighted by Gasteiger charge is -2.20. The molecule has 0 unspecified atom stereocenters. The number of hydrogen-bond donors (Lipinski definition) is 2. The van der Waals surface area contributed by atoms with Crippen LogP contribution in [0.5, 0.6) is 5.75 Å². The van der Waals surface area contributed by atoms with Gasteiger partial charge in [-0.3, -0.25) is 5.32 Å². The number of ether oxygens (including phenoxy) is 1. The van der Waals surface area contributed by atoms with Gasteiger partial charge in [0.15, 0.2) is 5.13 Å². The number of benzene rings is 1. The van der Waals surface area contributed by atoms with Gasteiger partial charge in [-0.25, -0.2) is 9.78 Å². The summed E-state index contributed by atoms with van der Waals surface area (Å²) in [5.41, 5.74) is 1.72. The molecule has 0 radical (unpaired) electrons. The SMILES string of the molecule is COc1ccccc1NC(=O)Nc1nc2c(s1)CN(C)CC2. The first-order valence-corrected chi connectivity index (χ1v) is 7.85. The lowest BCUT2D eigenvalue weighted by molar-refractivity contribution is 0.262. The number of likely N-dealkylation sites (N-methyl/N-ethyl adjacent to an activating group) is 1. The summed E-state index contributed by atoms with van der Waals surface area (Å²) in [4.78, 5) is 20.1. The molecule has 2 amide bonds. The largest absolute Gasteiger partial charge is 0.495 e. The average molecular weight is 318 g/mol. The van der Waals surface area contributed by atoms with Gasteiger partial charge in [0.1, 0.15) is 5.75 Å². The van der Waals surface area contributed by atoms with Crippen molar-refractivity contribution in [1.29, 1.82) is 0 Å². The standard InChI is InChI=1S/C15H18N4O2S/c1-19-8-7-11-13(9-19)22-15(17-11)18-14(20)16-10-5-3-4-6-12(10)21-2/h3-6H,7-9H2,1-2H3,(H2,16,17,18,20). The van der Waals surface area contributed by atoms with Crippen LogP contribution in [0.15, 0.2) is 24.3 Å². The van der Waals surface area contributed by atoms with Gasteiger partial charge in [0.05, 0.1) is 18.5 Å². The smallest absolute Gasteiger partial charge is 0.325 e. The summed E-state index contributed by atoms with van der Waals surface area (Å²) in [5.74, 6) is 0.623.